The van der Waals surface area contributed by atoms with Crippen LogP contribution in [-0.4, -0.2) is 28.0 Å². The van der Waals surface area contributed by atoms with Crippen molar-refractivity contribution in [2.45, 2.75) is 33.2 Å². The van der Waals surface area contributed by atoms with Crippen molar-refractivity contribution in [1.82, 2.24) is 18.4 Å². The summed E-state index contributed by atoms with van der Waals surface area (Å²) in [5, 5.41) is 6.04. The van der Waals surface area contributed by atoms with E-state index in [0.29, 0.717) is 29.7 Å². The Hall–Kier alpha value is -3.63. The van der Waals surface area contributed by atoms with Gasteiger partial charge in [0, 0.05) is 29.8 Å². The van der Waals surface area contributed by atoms with Gasteiger partial charge in [0.15, 0.2) is 0 Å². The molecular weight excluding hydrogens is 454 g/mol. The maximum Gasteiger partial charge on any atom is 0.333 e. The zero-order chi connectivity index (χ0) is 24.6. The molecule has 2 heterocycles. The molecule has 1 amide bonds. The highest BCUT2D eigenvalue weighted by molar-refractivity contribution is 7.87. The van der Waals surface area contributed by atoms with E-state index in [1.54, 1.807) is 15.4 Å². The molecule has 4 aromatic rings. The first kappa shape index (κ1) is 23.5. The van der Waals surface area contributed by atoms with Crippen LogP contribution in [0.15, 0.2) is 59.5 Å². The first-order valence-corrected chi connectivity index (χ1v) is 12.4. The number of hydrogen-bond donors (Lipinski definition) is 2. The van der Waals surface area contributed by atoms with Crippen molar-refractivity contribution in [1.29, 1.82) is 0 Å². The van der Waals surface area contributed by atoms with Gasteiger partial charge in [-0.15, -0.1) is 0 Å². The van der Waals surface area contributed by atoms with E-state index in [9.17, 15) is 18.0 Å². The van der Waals surface area contributed by atoms with Crippen molar-refractivity contribution in [2.75, 3.05) is 0 Å². The van der Waals surface area contributed by atoms with E-state index in [-0.39, 0.29) is 12.1 Å². The molecule has 0 aliphatic heterocycles. The first-order chi connectivity index (χ1) is 16.1. The van der Waals surface area contributed by atoms with Gasteiger partial charge in [-0.1, -0.05) is 37.3 Å². The second-order valence-corrected chi connectivity index (χ2v) is 9.57. The van der Waals surface area contributed by atoms with Crippen molar-refractivity contribution in [3.05, 3.63) is 76.3 Å². The number of nitrogens with one attached hydrogen (secondary N) is 1. The molecule has 0 aliphatic rings. The summed E-state index contributed by atoms with van der Waals surface area (Å²) in [6.07, 6.45) is 4.00. The van der Waals surface area contributed by atoms with Crippen molar-refractivity contribution in [3.63, 3.8) is 0 Å². The van der Waals surface area contributed by atoms with Crippen LogP contribution in [0, 0.1) is 6.92 Å². The minimum atomic E-state index is -4.20. The van der Waals surface area contributed by atoms with Gasteiger partial charge in [0.1, 0.15) is 0 Å². The van der Waals surface area contributed by atoms with E-state index in [1.165, 1.54) is 4.57 Å². The minimum Gasteiger partial charge on any atom is -0.350 e. The van der Waals surface area contributed by atoms with E-state index in [2.05, 4.69) is 0 Å². The second-order valence-electron chi connectivity index (χ2n) is 8.28. The first-order valence-electron chi connectivity index (χ1n) is 10.9. The number of imidazole rings is 1. The Balaban J connectivity index is 1.86. The zero-order valence-electron chi connectivity index (χ0n) is 19.3. The predicted molar refractivity (Wildman–Crippen MR) is 133 cm³/mol. The summed E-state index contributed by atoms with van der Waals surface area (Å²) in [4.78, 5) is 26.0. The number of allylic oxidation sites excluding steroid dienone is 1. The van der Waals surface area contributed by atoms with Crippen LogP contribution in [0.4, 0.5) is 0 Å². The fourth-order valence-electron chi connectivity index (χ4n) is 4.50. The fourth-order valence-corrected chi connectivity index (χ4v) is 4.89. The summed E-state index contributed by atoms with van der Waals surface area (Å²) in [5.74, 6) is -0.810. The summed E-state index contributed by atoms with van der Waals surface area (Å²) in [6, 6.07) is 13.4. The molecule has 9 nitrogen and oxygen atoms in total. The van der Waals surface area contributed by atoms with Crippen LogP contribution in [0.2, 0.25) is 0 Å². The SMILES string of the molecule is CC/C=C(\CC(=O)NS(N)(=O)=O)n1c(=O)n(Cc2cn(C)c3cccc(C)c23)c2ccccc21. The van der Waals surface area contributed by atoms with E-state index < -0.39 is 16.1 Å². The lowest BCUT2D eigenvalue weighted by atomic mass is 10.1. The van der Waals surface area contributed by atoms with Crippen LogP contribution in [0.1, 0.15) is 30.9 Å². The third kappa shape index (κ3) is 4.42. The van der Waals surface area contributed by atoms with Gasteiger partial charge < -0.3 is 4.57 Å². The van der Waals surface area contributed by atoms with E-state index in [4.69, 9.17) is 5.14 Å². The normalized spacial score (nSPS) is 12.5. The average molecular weight is 482 g/mol. The molecule has 0 unspecified atom stereocenters. The van der Waals surface area contributed by atoms with Crippen LogP contribution in [0.5, 0.6) is 0 Å². The Morgan fingerprint density at radius 3 is 2.44 bits per heavy atom. The second kappa shape index (κ2) is 8.96. The molecule has 0 saturated heterocycles. The average Bonchev–Trinajstić information content (AvgIpc) is 3.22. The number of carbonyl (C=O) groups excluding carboxylic acids is 1. The molecule has 0 fully saturated rings. The Morgan fingerprint density at radius 2 is 1.76 bits per heavy atom. The highest BCUT2D eigenvalue weighted by Gasteiger charge is 2.20. The topological polar surface area (TPSA) is 121 Å². The molecule has 178 valence electrons. The summed E-state index contributed by atoms with van der Waals surface area (Å²) < 4.78 is 29.5. The van der Waals surface area contributed by atoms with Crippen LogP contribution >= 0.6 is 0 Å². The number of amides is 1. The molecule has 3 N–H and O–H groups in total. The van der Waals surface area contributed by atoms with E-state index >= 15 is 0 Å². The number of rotatable bonds is 7. The van der Waals surface area contributed by atoms with Gasteiger partial charge >= 0.3 is 5.69 Å². The quantitative estimate of drug-likeness (QED) is 0.421. The molecule has 0 atom stereocenters. The number of nitrogens with zero attached hydrogens (tertiary/aromatic N) is 3. The Kier molecular flexibility index (Phi) is 6.20. The summed E-state index contributed by atoms with van der Waals surface area (Å²) >= 11 is 0. The number of aromatic nitrogens is 3. The van der Waals surface area contributed by atoms with Gasteiger partial charge in [0.2, 0.25) is 5.91 Å². The highest BCUT2D eigenvalue weighted by Crippen LogP contribution is 2.26. The lowest BCUT2D eigenvalue weighted by Crippen LogP contribution is -2.36. The smallest absolute Gasteiger partial charge is 0.333 e. The molecule has 4 rings (SSSR count). The van der Waals surface area contributed by atoms with Gasteiger partial charge in [-0.2, -0.15) is 8.42 Å². The molecule has 0 aliphatic carbocycles. The molecule has 10 heteroatoms. The lowest BCUT2D eigenvalue weighted by molar-refractivity contribution is -0.118. The van der Waals surface area contributed by atoms with Crippen molar-refractivity contribution in [2.24, 2.45) is 12.2 Å². The molecule has 0 saturated carbocycles. The van der Waals surface area contributed by atoms with Gasteiger partial charge in [-0.3, -0.25) is 13.9 Å². The molecular formula is C24H27N5O4S. The summed E-state index contributed by atoms with van der Waals surface area (Å²) in [7, 11) is -2.22. The number of para-hydroxylation sites is 2. The van der Waals surface area contributed by atoms with Crippen LogP contribution < -0.4 is 15.6 Å². The molecule has 2 aromatic carbocycles. The third-order valence-corrected chi connectivity index (χ3v) is 6.30. The van der Waals surface area contributed by atoms with Gasteiger partial charge in [-0.05, 0) is 42.7 Å². The molecule has 0 spiro atoms. The fraction of sp³-hybridized carbons (Fsp3) is 0.250. The largest absolute Gasteiger partial charge is 0.350 e. The van der Waals surface area contributed by atoms with Crippen LogP contribution in [0.3, 0.4) is 0 Å². The molecule has 2 aromatic heterocycles. The van der Waals surface area contributed by atoms with Crippen LogP contribution in [0.25, 0.3) is 27.6 Å². The predicted octanol–water partition coefficient (Wildman–Crippen LogP) is 2.61. The third-order valence-electron chi connectivity index (χ3n) is 5.79. The zero-order valence-corrected chi connectivity index (χ0v) is 20.1. The number of carbonyl (C=O) groups is 1. The molecule has 0 bridgehead atoms. The lowest BCUT2D eigenvalue weighted by Gasteiger charge is -2.09. The Bertz CT molecular complexity index is 1610. The molecule has 0 radical (unpaired) electrons. The minimum absolute atomic E-state index is 0.310. The van der Waals surface area contributed by atoms with Gasteiger partial charge in [0.25, 0.3) is 10.2 Å². The maximum absolute atomic E-state index is 13.7. The summed E-state index contributed by atoms with van der Waals surface area (Å²) in [6.45, 7) is 4.27. The number of hydrogen-bond acceptors (Lipinski definition) is 4. The van der Waals surface area contributed by atoms with Gasteiger partial charge in [0.05, 0.1) is 24.0 Å². The van der Waals surface area contributed by atoms with Crippen molar-refractivity contribution >= 4 is 43.7 Å². The Morgan fingerprint density at radius 1 is 1.09 bits per heavy atom. The Labute approximate surface area is 197 Å². The number of nitrogens with two attached hydrogens (primary N) is 1. The highest BCUT2D eigenvalue weighted by atomic mass is 32.2. The van der Waals surface area contributed by atoms with Crippen molar-refractivity contribution < 1.29 is 13.2 Å². The summed E-state index contributed by atoms with van der Waals surface area (Å²) in [5.41, 5.74) is 4.63. The number of benzene rings is 2. The van der Waals surface area contributed by atoms with Crippen molar-refractivity contribution in [3.8, 4) is 0 Å². The number of aryl methyl sites for hydroxylation is 2. The number of fused-ring (bicyclic) bond motifs is 2. The van der Waals surface area contributed by atoms with Gasteiger partial charge in [-0.25, -0.2) is 14.7 Å². The molecule has 34 heavy (non-hydrogen) atoms. The van der Waals surface area contributed by atoms with E-state index in [1.807, 2.05) is 74.1 Å². The monoisotopic (exact) mass is 481 g/mol. The van der Waals surface area contributed by atoms with Crippen LogP contribution in [-0.2, 0) is 28.6 Å². The van der Waals surface area contributed by atoms with E-state index in [0.717, 1.165) is 22.0 Å². The maximum atomic E-state index is 13.7. The standard InChI is InChI=1S/C24H27N5O4S/c1-4-8-18(13-22(30)26-34(25,32)33)29-20-11-6-5-10-19(20)28(24(29)31)15-17-14-27(3)21-12-7-9-16(2)23(17)21/h5-12,14H,4,13,15H2,1-3H3,(H,26,30)(H2,25,32,33)/b18-8+.